The summed E-state index contributed by atoms with van der Waals surface area (Å²) in [6.07, 6.45) is 0.629. The first-order chi connectivity index (χ1) is 9.96. The van der Waals surface area contributed by atoms with Crippen LogP contribution in [0.25, 0.3) is 0 Å². The largest absolute Gasteiger partial charge is 0.361 e. The van der Waals surface area contributed by atoms with Gasteiger partial charge in [0, 0.05) is 12.6 Å². The normalized spacial score (nSPS) is 11.8. The quantitative estimate of drug-likeness (QED) is 0.842. The molecule has 7 heteroatoms. The maximum absolute atomic E-state index is 12.4. The van der Waals surface area contributed by atoms with Gasteiger partial charge in [-0.05, 0) is 30.5 Å². The van der Waals surface area contributed by atoms with E-state index in [9.17, 15) is 8.42 Å². The van der Waals surface area contributed by atoms with E-state index in [1.54, 1.807) is 25.1 Å². The molecule has 2 rings (SSSR count). The third-order valence-electron chi connectivity index (χ3n) is 3.16. The molecule has 1 heterocycles. The number of nitrogens with two attached hydrogens (primary N) is 1. The van der Waals surface area contributed by atoms with Crippen LogP contribution < -0.4 is 10.5 Å². The van der Waals surface area contributed by atoms with E-state index in [1.165, 1.54) is 0 Å². The minimum atomic E-state index is -3.61. The van der Waals surface area contributed by atoms with Gasteiger partial charge in [-0.1, -0.05) is 24.2 Å². The zero-order valence-corrected chi connectivity index (χ0v) is 12.9. The molecule has 0 unspecified atom stereocenters. The van der Waals surface area contributed by atoms with Crippen LogP contribution in [-0.2, 0) is 29.5 Å². The molecule has 0 saturated heterocycles. The topological polar surface area (TPSA) is 98.2 Å². The zero-order valence-electron chi connectivity index (χ0n) is 12.1. The summed E-state index contributed by atoms with van der Waals surface area (Å²) in [5.74, 6) is 0.642. The predicted octanol–water partition coefficient (Wildman–Crippen LogP) is 1.48. The van der Waals surface area contributed by atoms with Gasteiger partial charge < -0.3 is 10.3 Å². The summed E-state index contributed by atoms with van der Waals surface area (Å²) in [6.45, 7) is 4.06. The van der Waals surface area contributed by atoms with Gasteiger partial charge >= 0.3 is 0 Å². The molecule has 0 bridgehead atoms. The molecular formula is C14H19N3O3S. The first kappa shape index (κ1) is 15.7. The van der Waals surface area contributed by atoms with Crippen molar-refractivity contribution in [1.82, 2.24) is 9.88 Å². The van der Waals surface area contributed by atoms with E-state index in [1.807, 2.05) is 13.0 Å². The molecule has 21 heavy (non-hydrogen) atoms. The van der Waals surface area contributed by atoms with Crippen molar-refractivity contribution in [2.75, 3.05) is 0 Å². The number of benzene rings is 1. The van der Waals surface area contributed by atoms with Gasteiger partial charge in [0.25, 0.3) is 0 Å². The van der Waals surface area contributed by atoms with Gasteiger partial charge in [-0.25, -0.2) is 13.1 Å². The summed E-state index contributed by atoms with van der Waals surface area (Å²) in [7, 11) is -3.61. The molecule has 0 aliphatic carbocycles. The highest BCUT2D eigenvalue weighted by Crippen LogP contribution is 2.19. The molecule has 2 aromatic rings. The van der Waals surface area contributed by atoms with E-state index in [-0.39, 0.29) is 11.4 Å². The van der Waals surface area contributed by atoms with Crippen LogP contribution in [0.1, 0.15) is 29.5 Å². The van der Waals surface area contributed by atoms with Crippen molar-refractivity contribution in [2.45, 2.75) is 38.3 Å². The molecule has 0 fully saturated rings. The second-order valence-electron chi connectivity index (χ2n) is 4.75. The number of aryl methyl sites for hydroxylation is 2. The fourth-order valence-corrected chi connectivity index (χ4v) is 3.37. The molecule has 0 aliphatic heterocycles. The average molecular weight is 309 g/mol. The number of hydrogen-bond donors (Lipinski definition) is 2. The SMILES string of the molecule is CCc1ccc(CN)cc1S(=O)(=O)NCc1cc(C)on1. The van der Waals surface area contributed by atoms with E-state index >= 15 is 0 Å². The van der Waals surface area contributed by atoms with Gasteiger partial charge in [-0.3, -0.25) is 0 Å². The number of nitrogens with zero attached hydrogens (tertiary/aromatic N) is 1. The molecule has 0 spiro atoms. The summed E-state index contributed by atoms with van der Waals surface area (Å²) >= 11 is 0. The molecule has 0 amide bonds. The van der Waals surface area contributed by atoms with E-state index in [0.717, 1.165) is 11.1 Å². The molecular weight excluding hydrogens is 290 g/mol. The van der Waals surface area contributed by atoms with Crippen LogP contribution in [0.2, 0.25) is 0 Å². The van der Waals surface area contributed by atoms with Gasteiger partial charge in [-0.2, -0.15) is 0 Å². The number of hydrogen-bond acceptors (Lipinski definition) is 5. The summed E-state index contributed by atoms with van der Waals surface area (Å²) < 4.78 is 32.4. The van der Waals surface area contributed by atoms with Crippen LogP contribution >= 0.6 is 0 Å². The molecule has 0 saturated carbocycles. The van der Waals surface area contributed by atoms with Crippen molar-refractivity contribution in [1.29, 1.82) is 0 Å². The van der Waals surface area contributed by atoms with Gasteiger partial charge in [0.15, 0.2) is 0 Å². The maximum Gasteiger partial charge on any atom is 0.241 e. The van der Waals surface area contributed by atoms with E-state index in [4.69, 9.17) is 10.3 Å². The second kappa shape index (κ2) is 6.38. The summed E-state index contributed by atoms with van der Waals surface area (Å²) in [6, 6.07) is 6.96. The van der Waals surface area contributed by atoms with Crippen molar-refractivity contribution in [3.05, 3.63) is 46.8 Å². The molecule has 0 atom stereocenters. The monoisotopic (exact) mass is 309 g/mol. The number of aromatic nitrogens is 1. The van der Waals surface area contributed by atoms with Crippen LogP contribution in [-0.4, -0.2) is 13.6 Å². The lowest BCUT2D eigenvalue weighted by atomic mass is 10.1. The Morgan fingerprint density at radius 3 is 2.67 bits per heavy atom. The molecule has 6 nitrogen and oxygen atoms in total. The van der Waals surface area contributed by atoms with Gasteiger partial charge in [0.2, 0.25) is 10.0 Å². The van der Waals surface area contributed by atoms with Crippen molar-refractivity contribution in [2.24, 2.45) is 5.73 Å². The average Bonchev–Trinajstić information content (AvgIpc) is 2.90. The molecule has 1 aromatic carbocycles. The highest BCUT2D eigenvalue weighted by molar-refractivity contribution is 7.89. The molecule has 0 radical (unpaired) electrons. The van der Waals surface area contributed by atoms with Crippen LogP contribution in [0.15, 0.2) is 33.7 Å². The van der Waals surface area contributed by atoms with Gasteiger partial charge in [0.05, 0.1) is 17.1 Å². The van der Waals surface area contributed by atoms with Crippen LogP contribution in [0, 0.1) is 6.92 Å². The molecule has 0 aliphatic rings. The minimum Gasteiger partial charge on any atom is -0.361 e. The third-order valence-corrected chi connectivity index (χ3v) is 4.64. The maximum atomic E-state index is 12.4. The Morgan fingerprint density at radius 1 is 1.33 bits per heavy atom. The lowest BCUT2D eigenvalue weighted by Crippen LogP contribution is -2.24. The Morgan fingerprint density at radius 2 is 2.10 bits per heavy atom. The zero-order chi connectivity index (χ0) is 15.5. The first-order valence-corrected chi connectivity index (χ1v) is 8.18. The number of sulfonamides is 1. The van der Waals surface area contributed by atoms with Crippen molar-refractivity contribution in [3.8, 4) is 0 Å². The number of nitrogens with one attached hydrogen (secondary N) is 1. The Bertz CT molecular complexity index is 723. The molecule has 3 N–H and O–H groups in total. The predicted molar refractivity (Wildman–Crippen MR) is 79.0 cm³/mol. The Hall–Kier alpha value is -1.70. The fraction of sp³-hybridized carbons (Fsp3) is 0.357. The van der Waals surface area contributed by atoms with E-state index in [2.05, 4.69) is 9.88 Å². The number of rotatable bonds is 6. The minimum absolute atomic E-state index is 0.0929. The molecule has 1 aromatic heterocycles. The van der Waals surface area contributed by atoms with E-state index < -0.39 is 10.0 Å². The van der Waals surface area contributed by atoms with Crippen molar-refractivity contribution in [3.63, 3.8) is 0 Å². The highest BCUT2D eigenvalue weighted by atomic mass is 32.2. The van der Waals surface area contributed by atoms with Crippen LogP contribution in [0.3, 0.4) is 0 Å². The van der Waals surface area contributed by atoms with Crippen molar-refractivity contribution >= 4 is 10.0 Å². The standard InChI is InChI=1S/C14H19N3O3S/c1-3-12-5-4-11(8-15)7-14(12)21(18,19)16-9-13-6-10(2)20-17-13/h4-7,16H,3,8-9,15H2,1-2H3. The smallest absolute Gasteiger partial charge is 0.241 e. The Labute approximate surface area is 124 Å². The third kappa shape index (κ3) is 3.69. The van der Waals surface area contributed by atoms with Crippen LogP contribution in [0.5, 0.6) is 0 Å². The second-order valence-corrected chi connectivity index (χ2v) is 6.49. The lowest BCUT2D eigenvalue weighted by Gasteiger charge is -2.11. The Kier molecular flexibility index (Phi) is 4.76. The lowest BCUT2D eigenvalue weighted by molar-refractivity contribution is 0.390. The fourth-order valence-electron chi connectivity index (χ4n) is 2.02. The van der Waals surface area contributed by atoms with Crippen molar-refractivity contribution < 1.29 is 12.9 Å². The molecule has 114 valence electrons. The van der Waals surface area contributed by atoms with E-state index in [0.29, 0.717) is 24.4 Å². The summed E-state index contributed by atoms with van der Waals surface area (Å²) in [4.78, 5) is 0.271. The highest BCUT2D eigenvalue weighted by Gasteiger charge is 2.18. The van der Waals surface area contributed by atoms with Gasteiger partial charge in [0.1, 0.15) is 5.76 Å². The Balaban J connectivity index is 2.26. The van der Waals surface area contributed by atoms with Gasteiger partial charge in [-0.15, -0.1) is 0 Å². The first-order valence-electron chi connectivity index (χ1n) is 6.70. The summed E-state index contributed by atoms with van der Waals surface area (Å²) in [5, 5.41) is 3.77. The summed E-state index contributed by atoms with van der Waals surface area (Å²) in [5.41, 5.74) is 7.67. The van der Waals surface area contributed by atoms with Crippen LogP contribution in [0.4, 0.5) is 0 Å².